The molecule has 2 aromatic rings. The van der Waals surface area contributed by atoms with Gasteiger partial charge in [-0.3, -0.25) is 5.32 Å². The zero-order chi connectivity index (χ0) is 33.0. The van der Waals surface area contributed by atoms with Gasteiger partial charge in [0.15, 0.2) is 0 Å². The van der Waals surface area contributed by atoms with Gasteiger partial charge in [-0.1, -0.05) is 57.0 Å². The molecule has 1 fully saturated rings. The fourth-order valence-corrected chi connectivity index (χ4v) is 4.99. The number of rotatable bonds is 12. The van der Waals surface area contributed by atoms with Crippen LogP contribution in [0.15, 0.2) is 27.7 Å². The minimum absolute atomic E-state index is 0.0199. The van der Waals surface area contributed by atoms with Gasteiger partial charge < -0.3 is 24.0 Å². The van der Waals surface area contributed by atoms with Gasteiger partial charge in [0.25, 0.3) is 0 Å². The van der Waals surface area contributed by atoms with Gasteiger partial charge in [-0.15, -0.1) is 4.99 Å². The summed E-state index contributed by atoms with van der Waals surface area (Å²) in [5, 5.41) is 15.6. The van der Waals surface area contributed by atoms with Crippen LogP contribution in [0.4, 0.5) is 22.8 Å². The minimum atomic E-state index is -4.65. The third kappa shape index (κ3) is 11.9. The molecule has 11 nitrogen and oxygen atoms in total. The monoisotopic (exact) mass is 639 g/mol. The number of hydrogen-bond donors (Lipinski definition) is 2. The lowest BCUT2D eigenvalue weighted by Gasteiger charge is -2.33. The summed E-state index contributed by atoms with van der Waals surface area (Å²) in [4.78, 5) is 33.1. The van der Waals surface area contributed by atoms with Crippen molar-refractivity contribution in [2.75, 3.05) is 19.7 Å². The molecule has 1 atom stereocenters. The van der Waals surface area contributed by atoms with Gasteiger partial charge in [-0.05, 0) is 58.2 Å². The molecule has 250 valence electrons. The summed E-state index contributed by atoms with van der Waals surface area (Å²) in [6.45, 7) is 7.91. The van der Waals surface area contributed by atoms with Crippen molar-refractivity contribution < 1.29 is 41.9 Å². The van der Waals surface area contributed by atoms with Crippen molar-refractivity contribution in [2.24, 2.45) is 4.99 Å². The fourth-order valence-electron chi connectivity index (χ4n) is 4.99. The van der Waals surface area contributed by atoms with E-state index >= 15 is 0 Å². The van der Waals surface area contributed by atoms with Gasteiger partial charge in [0.2, 0.25) is 17.7 Å². The maximum atomic E-state index is 14.0. The standard InChI is InChI=1S/C31H44F3N5O6/c1-5-6-7-8-9-10-11-12-18-43-24-16-15-21(19-23(24)31(32,33)34)25-35-26(45-38-25)22-14-13-17-39(20-22)27(36-28(40)41)37-29(42)44-30(2,3)4/h15-16,19,22H,5-14,17-18,20H2,1-4H3,(H,40,41)(H,36,37,42)/t22-/m1/s1. The number of alkyl carbamates (subject to hydrolysis) is 1. The minimum Gasteiger partial charge on any atom is -0.493 e. The van der Waals surface area contributed by atoms with Gasteiger partial charge in [0.1, 0.15) is 11.4 Å². The van der Waals surface area contributed by atoms with E-state index in [9.17, 15) is 27.9 Å². The number of unbranched alkanes of at least 4 members (excludes halogenated alkanes) is 7. The van der Waals surface area contributed by atoms with Crippen LogP contribution in [0, 0.1) is 0 Å². The molecule has 14 heteroatoms. The van der Waals surface area contributed by atoms with E-state index in [1.807, 2.05) is 0 Å². The molecule has 1 aromatic carbocycles. The molecule has 0 radical (unpaired) electrons. The molecule has 1 aromatic heterocycles. The lowest BCUT2D eigenvalue weighted by molar-refractivity contribution is -0.138. The van der Waals surface area contributed by atoms with Crippen molar-refractivity contribution in [1.82, 2.24) is 20.4 Å². The highest BCUT2D eigenvalue weighted by Crippen LogP contribution is 2.39. The van der Waals surface area contributed by atoms with Crippen LogP contribution in [0.1, 0.15) is 109 Å². The molecule has 2 heterocycles. The lowest BCUT2D eigenvalue weighted by Crippen LogP contribution is -2.49. The van der Waals surface area contributed by atoms with Crippen LogP contribution in [-0.4, -0.2) is 63.6 Å². The molecular weight excluding hydrogens is 595 g/mol. The van der Waals surface area contributed by atoms with Gasteiger partial charge >= 0.3 is 18.4 Å². The number of nitrogens with zero attached hydrogens (tertiary/aromatic N) is 4. The van der Waals surface area contributed by atoms with Crippen LogP contribution in [0.3, 0.4) is 0 Å². The zero-order valence-corrected chi connectivity index (χ0v) is 26.4. The number of nitrogens with one attached hydrogen (secondary N) is 1. The smallest absolute Gasteiger partial charge is 0.434 e. The van der Waals surface area contributed by atoms with Crippen LogP contribution >= 0.6 is 0 Å². The number of halogens is 3. The Bertz CT molecular complexity index is 1290. The maximum absolute atomic E-state index is 14.0. The molecule has 0 bridgehead atoms. The van der Waals surface area contributed by atoms with Crippen molar-refractivity contribution in [1.29, 1.82) is 0 Å². The number of ether oxygens (including phenoxy) is 2. The number of amides is 2. The lowest BCUT2D eigenvalue weighted by atomic mass is 9.98. The van der Waals surface area contributed by atoms with Crippen molar-refractivity contribution in [3.05, 3.63) is 29.7 Å². The first-order valence-electron chi connectivity index (χ1n) is 15.5. The van der Waals surface area contributed by atoms with Crippen molar-refractivity contribution >= 4 is 18.1 Å². The second kappa shape index (κ2) is 16.5. The molecule has 0 spiro atoms. The Balaban J connectivity index is 1.66. The van der Waals surface area contributed by atoms with Gasteiger partial charge in [-0.2, -0.15) is 18.2 Å². The quantitative estimate of drug-likeness (QED) is 0.134. The number of carbonyl (C=O) groups is 2. The van der Waals surface area contributed by atoms with E-state index in [2.05, 4.69) is 27.4 Å². The second-order valence-corrected chi connectivity index (χ2v) is 12.1. The Morgan fingerprint density at radius 2 is 1.80 bits per heavy atom. The first-order valence-corrected chi connectivity index (χ1v) is 15.5. The summed E-state index contributed by atoms with van der Waals surface area (Å²) < 4.78 is 58.1. The number of benzene rings is 1. The van der Waals surface area contributed by atoms with E-state index in [4.69, 9.17) is 14.0 Å². The van der Waals surface area contributed by atoms with Crippen molar-refractivity contribution in [3.63, 3.8) is 0 Å². The van der Waals surface area contributed by atoms with Crippen molar-refractivity contribution in [2.45, 2.75) is 110 Å². The molecule has 1 saturated heterocycles. The molecule has 3 rings (SSSR count). The molecule has 2 N–H and O–H groups in total. The van der Waals surface area contributed by atoms with Crippen LogP contribution in [0.2, 0.25) is 0 Å². The van der Waals surface area contributed by atoms with Crippen LogP contribution in [0.25, 0.3) is 11.4 Å². The second-order valence-electron chi connectivity index (χ2n) is 12.1. The summed E-state index contributed by atoms with van der Waals surface area (Å²) in [6, 6.07) is 3.69. The molecular formula is C31H44F3N5O6. The van der Waals surface area contributed by atoms with Gasteiger partial charge in [0.05, 0.1) is 18.1 Å². The highest BCUT2D eigenvalue weighted by molar-refractivity contribution is 5.98. The Kier molecular flexibility index (Phi) is 13.0. The fraction of sp³-hybridized carbons (Fsp3) is 0.645. The van der Waals surface area contributed by atoms with Crippen LogP contribution in [-0.2, 0) is 10.9 Å². The Labute approximate surface area is 261 Å². The Morgan fingerprint density at radius 3 is 2.44 bits per heavy atom. The number of aliphatic imine (C=N–C) groups is 1. The number of aromatic nitrogens is 2. The molecule has 0 saturated carbocycles. The van der Waals surface area contributed by atoms with Gasteiger partial charge in [-0.25, -0.2) is 9.59 Å². The predicted molar refractivity (Wildman–Crippen MR) is 161 cm³/mol. The van der Waals surface area contributed by atoms with E-state index in [1.54, 1.807) is 25.7 Å². The summed E-state index contributed by atoms with van der Waals surface area (Å²) in [5.41, 5.74) is -1.62. The van der Waals surface area contributed by atoms with E-state index in [1.165, 1.54) is 37.8 Å². The third-order valence-electron chi connectivity index (χ3n) is 7.12. The first kappa shape index (κ1) is 35.6. The summed E-state index contributed by atoms with van der Waals surface area (Å²) in [6.07, 6.45) is 2.66. The summed E-state index contributed by atoms with van der Waals surface area (Å²) in [5.74, 6) is -0.698. The number of piperidine rings is 1. The zero-order valence-electron chi connectivity index (χ0n) is 26.4. The number of likely N-dealkylation sites (tertiary alicyclic amines) is 1. The van der Waals surface area contributed by atoms with Crippen LogP contribution in [0.5, 0.6) is 5.75 Å². The number of alkyl halides is 3. The highest BCUT2D eigenvalue weighted by Gasteiger charge is 2.36. The summed E-state index contributed by atoms with van der Waals surface area (Å²) in [7, 11) is 0. The highest BCUT2D eigenvalue weighted by atomic mass is 19.4. The summed E-state index contributed by atoms with van der Waals surface area (Å²) >= 11 is 0. The third-order valence-corrected chi connectivity index (χ3v) is 7.12. The predicted octanol–water partition coefficient (Wildman–Crippen LogP) is 8.01. The molecule has 1 aliphatic rings. The van der Waals surface area contributed by atoms with Crippen molar-refractivity contribution in [3.8, 4) is 17.1 Å². The number of hydrogen-bond acceptors (Lipinski definition) is 7. The average molecular weight is 640 g/mol. The topological polar surface area (TPSA) is 139 Å². The number of carboxylic acid groups (broad SMARTS) is 1. The van der Waals surface area contributed by atoms with E-state index in [0.717, 1.165) is 25.3 Å². The largest absolute Gasteiger partial charge is 0.493 e. The van der Waals surface area contributed by atoms with E-state index in [-0.39, 0.29) is 42.1 Å². The Morgan fingerprint density at radius 1 is 1.11 bits per heavy atom. The number of carbonyl (C=O) groups excluding carboxylic acids is 1. The molecule has 2 amide bonds. The maximum Gasteiger partial charge on any atom is 0.434 e. The average Bonchev–Trinajstić information content (AvgIpc) is 3.45. The van der Waals surface area contributed by atoms with Crippen LogP contribution < -0.4 is 10.1 Å². The first-order chi connectivity index (χ1) is 21.3. The molecule has 0 aliphatic carbocycles. The van der Waals surface area contributed by atoms with Gasteiger partial charge in [0, 0.05) is 18.7 Å². The number of guanidine groups is 1. The normalized spacial score (nSPS) is 16.0. The van der Waals surface area contributed by atoms with E-state index < -0.39 is 35.4 Å². The Hall–Kier alpha value is -3.84. The molecule has 0 unspecified atom stereocenters. The molecule has 45 heavy (non-hydrogen) atoms. The van der Waals surface area contributed by atoms with E-state index in [0.29, 0.717) is 25.8 Å². The SMILES string of the molecule is CCCCCCCCCCOc1ccc(-c2noc([C@@H]3CCCN(/C(=N/C(=O)O)NC(=O)OC(C)(C)C)C3)n2)cc1C(F)(F)F. The molecule has 1 aliphatic heterocycles.